The first-order chi connectivity index (χ1) is 8.11. The van der Waals surface area contributed by atoms with Gasteiger partial charge in [0.25, 0.3) is 0 Å². The molecule has 0 atom stereocenters. The fourth-order valence-electron chi connectivity index (χ4n) is 1.99. The molecule has 18 heavy (non-hydrogen) atoms. The summed E-state index contributed by atoms with van der Waals surface area (Å²) in [5.41, 5.74) is 8.26. The summed E-state index contributed by atoms with van der Waals surface area (Å²) < 4.78 is 2.15. The Hall–Kier alpha value is -1.66. The molecular formula is C14H18ClN3. The van der Waals surface area contributed by atoms with Crippen LogP contribution in [0.2, 0.25) is 0 Å². The molecule has 2 rings (SSSR count). The second-order valence-electron chi connectivity index (χ2n) is 4.81. The van der Waals surface area contributed by atoms with Gasteiger partial charge in [-0.3, -0.25) is 0 Å². The number of benzene rings is 1. The molecule has 1 heterocycles. The number of hydrogen-bond acceptors (Lipinski definition) is 2. The molecule has 0 fully saturated rings. The first-order valence-corrected chi connectivity index (χ1v) is 5.90. The average Bonchev–Trinajstić information content (AvgIpc) is 2.63. The van der Waals surface area contributed by atoms with Crippen LogP contribution in [-0.2, 0) is 6.54 Å². The lowest BCUT2D eigenvalue weighted by Gasteiger charge is -2.07. The fraction of sp³-hybridized carbons (Fsp3) is 0.357. The fourth-order valence-corrected chi connectivity index (χ4v) is 1.99. The number of aromatic nitrogens is 1. The normalized spacial score (nSPS) is 10.3. The van der Waals surface area contributed by atoms with Crippen molar-refractivity contribution >= 4 is 29.0 Å². The van der Waals surface area contributed by atoms with E-state index in [9.17, 15) is 0 Å². The Balaban J connectivity index is 0.00000162. The van der Waals surface area contributed by atoms with Crippen LogP contribution < -0.4 is 5.73 Å². The van der Waals surface area contributed by atoms with Crippen LogP contribution in [0.15, 0.2) is 24.4 Å². The molecule has 2 N–H and O–H groups in total. The summed E-state index contributed by atoms with van der Waals surface area (Å²) in [6.07, 6.45) is 3.03. The van der Waals surface area contributed by atoms with Crippen molar-refractivity contribution in [3.05, 3.63) is 30.0 Å². The van der Waals surface area contributed by atoms with Gasteiger partial charge in [-0.1, -0.05) is 13.8 Å². The molecule has 0 spiro atoms. The third kappa shape index (κ3) is 2.77. The SMILES string of the molecule is CC(C)CCn1cc(C#N)c2cc(N)ccc21.Cl. The van der Waals surface area contributed by atoms with E-state index in [0.29, 0.717) is 17.2 Å². The number of nitrogens with two attached hydrogens (primary N) is 1. The molecule has 1 aromatic heterocycles. The lowest BCUT2D eigenvalue weighted by atomic mass is 10.1. The summed E-state index contributed by atoms with van der Waals surface area (Å²) in [6, 6.07) is 7.98. The van der Waals surface area contributed by atoms with Crippen LogP contribution in [0.25, 0.3) is 10.9 Å². The Labute approximate surface area is 114 Å². The highest BCUT2D eigenvalue weighted by molar-refractivity contribution is 5.88. The van der Waals surface area contributed by atoms with Crippen molar-refractivity contribution in [1.82, 2.24) is 4.57 Å². The van der Waals surface area contributed by atoms with E-state index in [1.54, 1.807) is 0 Å². The van der Waals surface area contributed by atoms with E-state index in [-0.39, 0.29) is 12.4 Å². The molecule has 0 aliphatic rings. The predicted molar refractivity (Wildman–Crippen MR) is 77.8 cm³/mol. The highest BCUT2D eigenvalue weighted by Gasteiger charge is 2.08. The molecule has 0 saturated heterocycles. The van der Waals surface area contributed by atoms with Crippen LogP contribution in [0.1, 0.15) is 25.8 Å². The second-order valence-corrected chi connectivity index (χ2v) is 4.81. The largest absolute Gasteiger partial charge is 0.399 e. The summed E-state index contributed by atoms with van der Waals surface area (Å²) in [5, 5.41) is 10.1. The van der Waals surface area contributed by atoms with Gasteiger partial charge in [0.2, 0.25) is 0 Å². The second kappa shape index (κ2) is 5.79. The van der Waals surface area contributed by atoms with Crippen molar-refractivity contribution in [3.63, 3.8) is 0 Å². The highest BCUT2D eigenvalue weighted by atomic mass is 35.5. The maximum absolute atomic E-state index is 9.11. The van der Waals surface area contributed by atoms with Crippen molar-refractivity contribution < 1.29 is 0 Å². The van der Waals surface area contributed by atoms with Crippen LogP contribution in [0, 0.1) is 17.2 Å². The summed E-state index contributed by atoms with van der Waals surface area (Å²) in [4.78, 5) is 0. The number of fused-ring (bicyclic) bond motifs is 1. The van der Waals surface area contributed by atoms with Crippen molar-refractivity contribution in [3.8, 4) is 6.07 Å². The minimum atomic E-state index is 0. The van der Waals surface area contributed by atoms with E-state index in [4.69, 9.17) is 11.0 Å². The van der Waals surface area contributed by atoms with Crippen LogP contribution in [0.3, 0.4) is 0 Å². The van der Waals surface area contributed by atoms with Gasteiger partial charge in [0.15, 0.2) is 0 Å². The van der Waals surface area contributed by atoms with Gasteiger partial charge < -0.3 is 10.3 Å². The third-order valence-corrected chi connectivity index (χ3v) is 2.97. The predicted octanol–water partition coefficient (Wildman–Crippen LogP) is 3.56. The van der Waals surface area contributed by atoms with Gasteiger partial charge >= 0.3 is 0 Å². The summed E-state index contributed by atoms with van der Waals surface area (Å²) in [6.45, 7) is 5.35. The van der Waals surface area contributed by atoms with Gasteiger partial charge in [-0.25, -0.2) is 0 Å². The molecule has 0 amide bonds. The van der Waals surface area contributed by atoms with Gasteiger partial charge in [0.1, 0.15) is 6.07 Å². The maximum atomic E-state index is 9.11. The van der Waals surface area contributed by atoms with E-state index in [0.717, 1.165) is 23.9 Å². The summed E-state index contributed by atoms with van der Waals surface area (Å²) in [5.74, 6) is 0.659. The Morgan fingerprint density at radius 3 is 2.72 bits per heavy atom. The number of nitrogens with zero attached hydrogens (tertiary/aromatic N) is 2. The van der Waals surface area contributed by atoms with Crippen molar-refractivity contribution in [2.24, 2.45) is 5.92 Å². The molecule has 0 radical (unpaired) electrons. The van der Waals surface area contributed by atoms with Crippen LogP contribution in [0.4, 0.5) is 5.69 Å². The minimum absolute atomic E-state index is 0. The molecule has 0 aliphatic carbocycles. The number of hydrogen-bond donors (Lipinski definition) is 1. The molecule has 1 aromatic carbocycles. The molecule has 4 heteroatoms. The van der Waals surface area contributed by atoms with Crippen LogP contribution in [-0.4, -0.2) is 4.57 Å². The van der Waals surface area contributed by atoms with Gasteiger partial charge in [-0.2, -0.15) is 5.26 Å². The molecule has 0 unspecified atom stereocenters. The zero-order valence-corrected chi connectivity index (χ0v) is 11.5. The highest BCUT2D eigenvalue weighted by Crippen LogP contribution is 2.24. The Morgan fingerprint density at radius 2 is 2.11 bits per heavy atom. The van der Waals surface area contributed by atoms with E-state index < -0.39 is 0 Å². The number of rotatable bonds is 3. The zero-order chi connectivity index (χ0) is 12.4. The molecule has 2 aromatic rings. The lowest BCUT2D eigenvalue weighted by Crippen LogP contribution is -1.99. The molecular weight excluding hydrogens is 246 g/mol. The molecule has 0 aliphatic heterocycles. The van der Waals surface area contributed by atoms with E-state index in [1.165, 1.54) is 0 Å². The number of nitriles is 1. The lowest BCUT2D eigenvalue weighted by molar-refractivity contribution is 0.524. The standard InChI is InChI=1S/C14H17N3.ClH/c1-10(2)5-6-17-9-11(8-15)13-7-12(16)3-4-14(13)17;/h3-4,7,9-10H,5-6,16H2,1-2H3;1H. The number of aryl methyl sites for hydroxylation is 1. The number of anilines is 1. The minimum Gasteiger partial charge on any atom is -0.399 e. The quantitative estimate of drug-likeness (QED) is 0.861. The first-order valence-electron chi connectivity index (χ1n) is 5.90. The Morgan fingerprint density at radius 1 is 1.39 bits per heavy atom. The number of halogens is 1. The van der Waals surface area contributed by atoms with Crippen LogP contribution in [0.5, 0.6) is 0 Å². The Kier molecular flexibility index (Phi) is 4.63. The van der Waals surface area contributed by atoms with Gasteiger partial charge in [-0.15, -0.1) is 12.4 Å². The summed E-state index contributed by atoms with van der Waals surface area (Å²) >= 11 is 0. The van der Waals surface area contributed by atoms with Crippen molar-refractivity contribution in [2.75, 3.05) is 5.73 Å². The molecule has 96 valence electrons. The molecule has 0 saturated carbocycles. The van der Waals surface area contributed by atoms with Gasteiger partial charge in [0, 0.05) is 29.3 Å². The smallest absolute Gasteiger partial charge is 0.101 e. The van der Waals surface area contributed by atoms with Crippen molar-refractivity contribution in [1.29, 1.82) is 5.26 Å². The monoisotopic (exact) mass is 263 g/mol. The topological polar surface area (TPSA) is 54.7 Å². The Bertz CT molecular complexity index is 578. The van der Waals surface area contributed by atoms with Gasteiger partial charge in [-0.05, 0) is 30.5 Å². The summed E-state index contributed by atoms with van der Waals surface area (Å²) in [7, 11) is 0. The van der Waals surface area contributed by atoms with Crippen LogP contribution >= 0.6 is 12.4 Å². The maximum Gasteiger partial charge on any atom is 0.101 e. The number of nitrogen functional groups attached to an aromatic ring is 1. The van der Waals surface area contributed by atoms with E-state index in [2.05, 4.69) is 24.5 Å². The third-order valence-electron chi connectivity index (χ3n) is 2.97. The zero-order valence-electron chi connectivity index (χ0n) is 10.7. The average molecular weight is 264 g/mol. The van der Waals surface area contributed by atoms with Crippen molar-refractivity contribution in [2.45, 2.75) is 26.8 Å². The molecule has 3 nitrogen and oxygen atoms in total. The van der Waals surface area contributed by atoms with Gasteiger partial charge in [0.05, 0.1) is 5.56 Å². The first kappa shape index (κ1) is 14.4. The molecule has 0 bridgehead atoms. The van der Waals surface area contributed by atoms with E-state index in [1.807, 2.05) is 24.4 Å². The van der Waals surface area contributed by atoms with E-state index >= 15 is 0 Å².